The average molecular weight is 294 g/mol. The number of sulfonamides is 1. The number of aryl methyl sites for hydroxylation is 1. The zero-order valence-corrected chi connectivity index (χ0v) is 12.6. The second-order valence-electron chi connectivity index (χ2n) is 4.87. The van der Waals surface area contributed by atoms with Crippen LogP contribution in [0.4, 0.5) is 0 Å². The standard InChI is InChI=1S/C13H18N4O2S/c1-10(2)20(18,19)16-7-11-4-5-13(14-6-11)12-8-15-17(3)9-12/h4-6,8-10,16H,7H2,1-3H3. The van der Waals surface area contributed by atoms with E-state index in [2.05, 4.69) is 14.8 Å². The van der Waals surface area contributed by atoms with Crippen LogP contribution in [0.5, 0.6) is 0 Å². The molecule has 0 aliphatic heterocycles. The van der Waals surface area contributed by atoms with Gasteiger partial charge in [-0.3, -0.25) is 9.67 Å². The summed E-state index contributed by atoms with van der Waals surface area (Å²) in [6, 6.07) is 3.72. The van der Waals surface area contributed by atoms with Gasteiger partial charge in [0.2, 0.25) is 10.0 Å². The molecule has 2 rings (SSSR count). The lowest BCUT2D eigenvalue weighted by atomic mass is 10.2. The van der Waals surface area contributed by atoms with Crippen molar-refractivity contribution < 1.29 is 8.42 Å². The van der Waals surface area contributed by atoms with Crippen LogP contribution in [0.1, 0.15) is 19.4 Å². The van der Waals surface area contributed by atoms with E-state index < -0.39 is 15.3 Å². The molecule has 0 saturated carbocycles. The summed E-state index contributed by atoms with van der Waals surface area (Å²) >= 11 is 0. The second-order valence-corrected chi connectivity index (χ2v) is 7.19. The van der Waals surface area contributed by atoms with E-state index in [4.69, 9.17) is 0 Å². The first kappa shape index (κ1) is 14.7. The normalized spacial score (nSPS) is 12.0. The summed E-state index contributed by atoms with van der Waals surface area (Å²) in [6.07, 6.45) is 5.29. The van der Waals surface area contributed by atoms with Gasteiger partial charge in [-0.1, -0.05) is 6.07 Å². The van der Waals surface area contributed by atoms with Gasteiger partial charge < -0.3 is 0 Å². The maximum atomic E-state index is 11.7. The highest BCUT2D eigenvalue weighted by atomic mass is 32.2. The smallest absolute Gasteiger partial charge is 0.214 e. The highest BCUT2D eigenvalue weighted by Crippen LogP contribution is 2.15. The van der Waals surface area contributed by atoms with Gasteiger partial charge in [-0.25, -0.2) is 13.1 Å². The number of nitrogens with one attached hydrogen (secondary N) is 1. The van der Waals surface area contributed by atoms with Crippen LogP contribution < -0.4 is 4.72 Å². The summed E-state index contributed by atoms with van der Waals surface area (Å²) < 4.78 is 27.6. The fraction of sp³-hybridized carbons (Fsp3) is 0.385. The van der Waals surface area contributed by atoms with Crippen molar-refractivity contribution in [2.75, 3.05) is 0 Å². The van der Waals surface area contributed by atoms with Crippen LogP contribution in [0, 0.1) is 0 Å². The molecule has 0 amide bonds. The van der Waals surface area contributed by atoms with Gasteiger partial charge in [0.15, 0.2) is 0 Å². The van der Waals surface area contributed by atoms with Gasteiger partial charge in [0.05, 0.1) is 17.1 Å². The molecule has 0 saturated heterocycles. The van der Waals surface area contributed by atoms with E-state index in [0.29, 0.717) is 0 Å². The SMILES string of the molecule is CC(C)S(=O)(=O)NCc1ccc(-c2cnn(C)c2)nc1. The highest BCUT2D eigenvalue weighted by Gasteiger charge is 2.14. The molecule has 20 heavy (non-hydrogen) atoms. The fourth-order valence-corrected chi connectivity index (χ4v) is 2.31. The Hall–Kier alpha value is -1.73. The van der Waals surface area contributed by atoms with E-state index in [1.54, 1.807) is 30.9 Å². The first-order chi connectivity index (χ1) is 9.38. The van der Waals surface area contributed by atoms with E-state index in [0.717, 1.165) is 16.8 Å². The largest absolute Gasteiger partial charge is 0.275 e. The monoisotopic (exact) mass is 294 g/mol. The second kappa shape index (κ2) is 5.72. The lowest BCUT2D eigenvalue weighted by Gasteiger charge is -2.09. The third-order valence-corrected chi connectivity index (χ3v) is 4.71. The topological polar surface area (TPSA) is 76.9 Å². The molecule has 0 aromatic carbocycles. The Bertz CT molecular complexity index is 675. The summed E-state index contributed by atoms with van der Waals surface area (Å²) in [5.41, 5.74) is 2.57. The molecular weight excluding hydrogens is 276 g/mol. The molecule has 2 heterocycles. The van der Waals surface area contributed by atoms with Gasteiger partial charge in [-0.05, 0) is 25.5 Å². The number of pyridine rings is 1. The molecule has 0 atom stereocenters. The molecule has 2 aromatic heterocycles. The minimum absolute atomic E-state index is 0.251. The van der Waals surface area contributed by atoms with Crippen molar-refractivity contribution in [2.45, 2.75) is 25.6 Å². The number of rotatable bonds is 5. The Kier molecular flexibility index (Phi) is 4.20. The average Bonchev–Trinajstić information content (AvgIpc) is 2.83. The van der Waals surface area contributed by atoms with Crippen LogP contribution in [0.2, 0.25) is 0 Å². The van der Waals surface area contributed by atoms with Crippen LogP contribution in [-0.4, -0.2) is 28.4 Å². The van der Waals surface area contributed by atoms with Gasteiger partial charge in [0.25, 0.3) is 0 Å². The van der Waals surface area contributed by atoms with E-state index >= 15 is 0 Å². The Morgan fingerprint density at radius 1 is 1.30 bits per heavy atom. The van der Waals surface area contributed by atoms with E-state index in [-0.39, 0.29) is 6.54 Å². The van der Waals surface area contributed by atoms with Gasteiger partial charge in [-0.2, -0.15) is 5.10 Å². The lowest BCUT2D eigenvalue weighted by Crippen LogP contribution is -2.30. The van der Waals surface area contributed by atoms with Crippen molar-refractivity contribution in [2.24, 2.45) is 7.05 Å². The molecule has 0 spiro atoms. The van der Waals surface area contributed by atoms with Crippen molar-refractivity contribution in [3.63, 3.8) is 0 Å². The Morgan fingerprint density at radius 3 is 2.55 bits per heavy atom. The molecule has 6 nitrogen and oxygen atoms in total. The minimum atomic E-state index is -3.25. The molecule has 108 valence electrons. The van der Waals surface area contributed by atoms with Crippen LogP contribution >= 0.6 is 0 Å². The zero-order chi connectivity index (χ0) is 14.8. The summed E-state index contributed by atoms with van der Waals surface area (Å²) in [4.78, 5) is 4.32. The summed E-state index contributed by atoms with van der Waals surface area (Å²) in [6.45, 7) is 3.54. The quantitative estimate of drug-likeness (QED) is 0.902. The van der Waals surface area contributed by atoms with Crippen LogP contribution in [0.25, 0.3) is 11.3 Å². The van der Waals surface area contributed by atoms with Crippen LogP contribution in [0.3, 0.4) is 0 Å². The van der Waals surface area contributed by atoms with Crippen LogP contribution in [0.15, 0.2) is 30.7 Å². The van der Waals surface area contributed by atoms with Gasteiger partial charge in [0.1, 0.15) is 0 Å². The molecular formula is C13H18N4O2S. The molecule has 7 heteroatoms. The highest BCUT2D eigenvalue weighted by molar-refractivity contribution is 7.90. The van der Waals surface area contributed by atoms with Gasteiger partial charge in [0, 0.05) is 31.5 Å². The van der Waals surface area contributed by atoms with Gasteiger partial charge in [-0.15, -0.1) is 0 Å². The number of hydrogen-bond acceptors (Lipinski definition) is 4. The maximum Gasteiger partial charge on any atom is 0.214 e. The Balaban J connectivity index is 2.06. The molecule has 0 bridgehead atoms. The zero-order valence-electron chi connectivity index (χ0n) is 11.7. The first-order valence-corrected chi connectivity index (χ1v) is 7.85. The molecule has 0 fully saturated rings. The Morgan fingerprint density at radius 2 is 2.05 bits per heavy atom. The van der Waals surface area contributed by atoms with E-state index in [1.165, 1.54) is 0 Å². The molecule has 0 unspecified atom stereocenters. The van der Waals surface area contributed by atoms with Crippen molar-refractivity contribution in [3.8, 4) is 11.3 Å². The fourth-order valence-electron chi connectivity index (χ4n) is 1.60. The predicted octanol–water partition coefficient (Wildman–Crippen LogP) is 1.31. The lowest BCUT2D eigenvalue weighted by molar-refractivity contribution is 0.572. The molecule has 2 aromatic rings. The van der Waals surface area contributed by atoms with Crippen LogP contribution in [-0.2, 0) is 23.6 Å². The molecule has 0 aliphatic rings. The third-order valence-electron chi connectivity index (χ3n) is 2.92. The number of nitrogens with zero attached hydrogens (tertiary/aromatic N) is 3. The maximum absolute atomic E-state index is 11.7. The first-order valence-electron chi connectivity index (χ1n) is 6.31. The number of hydrogen-bond donors (Lipinski definition) is 1. The third kappa shape index (κ3) is 3.43. The molecule has 1 N–H and O–H groups in total. The van der Waals surface area contributed by atoms with Gasteiger partial charge >= 0.3 is 0 Å². The molecule has 0 radical (unpaired) electrons. The van der Waals surface area contributed by atoms with Crippen molar-refractivity contribution in [1.82, 2.24) is 19.5 Å². The molecule has 0 aliphatic carbocycles. The number of aromatic nitrogens is 3. The van der Waals surface area contributed by atoms with Crippen molar-refractivity contribution in [3.05, 3.63) is 36.3 Å². The van der Waals surface area contributed by atoms with E-state index in [1.807, 2.05) is 25.4 Å². The van der Waals surface area contributed by atoms with E-state index in [9.17, 15) is 8.42 Å². The summed E-state index contributed by atoms with van der Waals surface area (Å²) in [7, 11) is -1.40. The predicted molar refractivity (Wildman–Crippen MR) is 77.3 cm³/mol. The summed E-state index contributed by atoms with van der Waals surface area (Å²) in [5, 5.41) is 3.65. The van der Waals surface area contributed by atoms with Crippen molar-refractivity contribution in [1.29, 1.82) is 0 Å². The summed E-state index contributed by atoms with van der Waals surface area (Å²) in [5.74, 6) is 0. The minimum Gasteiger partial charge on any atom is -0.275 e. The van der Waals surface area contributed by atoms with Crippen molar-refractivity contribution >= 4 is 10.0 Å². The Labute approximate surface area is 118 Å².